The van der Waals surface area contributed by atoms with Gasteiger partial charge in [-0.15, -0.1) is 0 Å². The van der Waals surface area contributed by atoms with Crippen LogP contribution in [-0.4, -0.2) is 35.7 Å². The third-order valence-corrected chi connectivity index (χ3v) is 6.01. The molecule has 1 aliphatic heterocycles. The Morgan fingerprint density at radius 1 is 1.23 bits per heavy atom. The van der Waals surface area contributed by atoms with Gasteiger partial charge in [0, 0.05) is 11.6 Å². The molecule has 0 saturated heterocycles. The van der Waals surface area contributed by atoms with E-state index >= 15 is 0 Å². The van der Waals surface area contributed by atoms with Crippen molar-refractivity contribution in [3.8, 4) is 5.75 Å². The van der Waals surface area contributed by atoms with E-state index in [1.54, 1.807) is 44.2 Å². The van der Waals surface area contributed by atoms with E-state index in [0.717, 1.165) is 12.8 Å². The molecule has 2 N–H and O–H groups in total. The number of halogens is 2. The average Bonchev–Trinajstić information content (AvgIpc) is 3.20. The molecule has 0 aromatic heterocycles. The van der Waals surface area contributed by atoms with Gasteiger partial charge >= 0.3 is 6.61 Å². The molecule has 2 atom stereocenters. The number of alkyl halides is 2. The number of aliphatic hydroxyl groups excluding tert-OH is 1. The van der Waals surface area contributed by atoms with Crippen LogP contribution in [0.5, 0.6) is 5.75 Å². The number of amides is 2. The molecule has 0 bridgehead atoms. The van der Waals surface area contributed by atoms with E-state index < -0.39 is 18.1 Å². The summed E-state index contributed by atoms with van der Waals surface area (Å²) in [6.45, 7) is 0.555. The van der Waals surface area contributed by atoms with Crippen LogP contribution in [0.1, 0.15) is 49.0 Å². The smallest absolute Gasteiger partial charge is 0.387 e. The van der Waals surface area contributed by atoms with Crippen molar-refractivity contribution in [1.82, 2.24) is 5.32 Å². The normalized spacial score (nSPS) is 22.0. The minimum atomic E-state index is -2.97. The average molecular weight is 430 g/mol. The van der Waals surface area contributed by atoms with Crippen molar-refractivity contribution in [2.75, 3.05) is 4.90 Å². The Balaban J connectivity index is 1.66. The van der Waals surface area contributed by atoms with Gasteiger partial charge in [-0.1, -0.05) is 6.07 Å². The number of hydrogen-bond acceptors (Lipinski definition) is 4. The van der Waals surface area contributed by atoms with Crippen LogP contribution in [0, 0.1) is 0 Å². The van der Waals surface area contributed by atoms with Crippen molar-refractivity contribution in [2.24, 2.45) is 0 Å². The summed E-state index contributed by atoms with van der Waals surface area (Å²) >= 11 is 0. The second-order valence-electron chi connectivity index (χ2n) is 8.45. The number of fused-ring (bicyclic) bond motifs is 1. The zero-order valence-corrected chi connectivity index (χ0v) is 17.3. The topological polar surface area (TPSA) is 78.9 Å². The van der Waals surface area contributed by atoms with Crippen molar-refractivity contribution in [3.05, 3.63) is 53.6 Å². The lowest BCUT2D eigenvalue weighted by atomic mass is 9.85. The first kappa shape index (κ1) is 21.2. The van der Waals surface area contributed by atoms with Crippen molar-refractivity contribution in [3.63, 3.8) is 0 Å². The van der Waals surface area contributed by atoms with Gasteiger partial charge in [-0.2, -0.15) is 8.78 Å². The number of ether oxygens (including phenoxy) is 1. The summed E-state index contributed by atoms with van der Waals surface area (Å²) < 4.78 is 29.7. The fourth-order valence-electron chi connectivity index (χ4n) is 4.29. The number of aliphatic hydroxyl groups is 1. The number of nitrogens with one attached hydrogen (secondary N) is 1. The maximum absolute atomic E-state index is 13.2. The first-order valence-corrected chi connectivity index (χ1v) is 10.2. The second-order valence-corrected chi connectivity index (χ2v) is 8.45. The van der Waals surface area contributed by atoms with E-state index in [2.05, 4.69) is 10.1 Å². The first-order valence-electron chi connectivity index (χ1n) is 10.2. The highest BCUT2D eigenvalue weighted by atomic mass is 19.3. The van der Waals surface area contributed by atoms with Crippen LogP contribution < -0.4 is 15.0 Å². The van der Waals surface area contributed by atoms with Gasteiger partial charge in [0.1, 0.15) is 5.75 Å². The predicted octanol–water partition coefficient (Wildman–Crippen LogP) is 3.89. The second kappa shape index (κ2) is 7.92. The monoisotopic (exact) mass is 430 g/mol. The molecule has 2 amide bonds. The van der Waals surface area contributed by atoms with Crippen LogP contribution in [0.15, 0.2) is 42.5 Å². The summed E-state index contributed by atoms with van der Waals surface area (Å²) in [6, 6.07) is 10.7. The largest absolute Gasteiger partial charge is 0.435 e. The zero-order chi connectivity index (χ0) is 22.3. The Kier molecular flexibility index (Phi) is 5.43. The molecule has 31 heavy (non-hydrogen) atoms. The fourth-order valence-corrected chi connectivity index (χ4v) is 4.29. The van der Waals surface area contributed by atoms with Gasteiger partial charge in [-0.25, -0.2) is 0 Å². The number of rotatable bonds is 5. The number of benzene rings is 2. The Bertz CT molecular complexity index is 1020. The lowest BCUT2D eigenvalue weighted by Crippen LogP contribution is -2.39. The molecule has 1 heterocycles. The molecule has 8 heteroatoms. The molecule has 0 unspecified atom stereocenters. The molecule has 0 spiro atoms. The maximum atomic E-state index is 13.2. The van der Waals surface area contributed by atoms with Crippen LogP contribution in [-0.2, 0) is 10.2 Å². The summed E-state index contributed by atoms with van der Waals surface area (Å²) in [5, 5.41) is 12.8. The van der Waals surface area contributed by atoms with Gasteiger partial charge < -0.3 is 15.2 Å². The molecule has 2 aliphatic rings. The minimum Gasteiger partial charge on any atom is -0.435 e. The highest BCUT2D eigenvalue weighted by molar-refractivity contribution is 6.13. The van der Waals surface area contributed by atoms with Crippen molar-refractivity contribution < 1.29 is 28.2 Å². The number of hydrogen-bond donors (Lipinski definition) is 2. The highest BCUT2D eigenvalue weighted by Gasteiger charge is 2.45. The van der Waals surface area contributed by atoms with Crippen LogP contribution in [0.4, 0.5) is 20.2 Å². The molecule has 0 radical (unpaired) electrons. The summed E-state index contributed by atoms with van der Waals surface area (Å²) in [7, 11) is 0. The van der Waals surface area contributed by atoms with E-state index in [0.29, 0.717) is 28.9 Å². The Hall–Kier alpha value is -3.00. The summed E-state index contributed by atoms with van der Waals surface area (Å²) in [6.07, 6.45) is 1.71. The summed E-state index contributed by atoms with van der Waals surface area (Å²) in [5.41, 5.74) is 1.13. The molecule has 1 saturated carbocycles. The van der Waals surface area contributed by atoms with Crippen LogP contribution in [0.25, 0.3) is 0 Å². The van der Waals surface area contributed by atoms with Gasteiger partial charge in [-0.05, 0) is 69.0 Å². The van der Waals surface area contributed by atoms with E-state index in [1.807, 2.05) is 0 Å². The van der Waals surface area contributed by atoms with Crippen LogP contribution >= 0.6 is 0 Å². The summed E-state index contributed by atoms with van der Waals surface area (Å²) in [5.74, 6) is -0.582. The number of carbonyl (C=O) groups excluding carboxylic acids is 2. The van der Waals surface area contributed by atoms with Gasteiger partial charge in [-0.3, -0.25) is 14.5 Å². The van der Waals surface area contributed by atoms with Crippen molar-refractivity contribution in [2.45, 2.75) is 57.3 Å². The lowest BCUT2D eigenvalue weighted by molar-refractivity contribution is -0.121. The third kappa shape index (κ3) is 3.87. The number of nitrogens with zero attached hydrogens (tertiary/aromatic N) is 1. The van der Waals surface area contributed by atoms with Crippen molar-refractivity contribution >= 4 is 23.2 Å². The number of anilines is 2. The zero-order valence-electron chi connectivity index (χ0n) is 17.3. The Morgan fingerprint density at radius 3 is 2.68 bits per heavy atom. The highest BCUT2D eigenvalue weighted by Crippen LogP contribution is 2.46. The summed E-state index contributed by atoms with van der Waals surface area (Å²) in [4.78, 5) is 27.4. The quantitative estimate of drug-likeness (QED) is 0.755. The van der Waals surface area contributed by atoms with E-state index in [9.17, 15) is 23.5 Å². The van der Waals surface area contributed by atoms with Gasteiger partial charge in [0.25, 0.3) is 5.91 Å². The molecule has 1 aliphatic carbocycles. The molecular formula is C23H24F2N2O4. The standard InChI is InChI=1S/C23H24F2N2O4/c1-23(2)16-11-13(20(29)26-17-7-4-8-19(17)28)9-10-18(16)27(21(23)30)14-5-3-6-15(12-14)31-22(24)25/h3,5-6,9-12,17,19,22,28H,4,7-8H2,1-2H3,(H,26,29)/t17-,19+/m0/s1. The molecule has 164 valence electrons. The Labute approximate surface area is 178 Å². The molecule has 2 aromatic rings. The molecule has 2 aromatic carbocycles. The molecular weight excluding hydrogens is 406 g/mol. The number of carbonyl (C=O) groups is 2. The SMILES string of the molecule is CC1(C)C(=O)N(c2cccc(OC(F)F)c2)c2ccc(C(=O)N[C@H]3CCC[C@H]3O)cc21. The third-order valence-electron chi connectivity index (χ3n) is 6.01. The lowest BCUT2D eigenvalue weighted by Gasteiger charge is -2.21. The van der Waals surface area contributed by atoms with E-state index in [1.165, 1.54) is 17.0 Å². The first-order chi connectivity index (χ1) is 14.7. The van der Waals surface area contributed by atoms with Gasteiger partial charge in [0.15, 0.2) is 0 Å². The molecule has 1 fully saturated rings. The maximum Gasteiger partial charge on any atom is 0.387 e. The van der Waals surface area contributed by atoms with Gasteiger partial charge in [0.2, 0.25) is 5.91 Å². The molecule has 4 rings (SSSR count). The van der Waals surface area contributed by atoms with Crippen LogP contribution in [0.3, 0.4) is 0 Å². The van der Waals surface area contributed by atoms with E-state index in [-0.39, 0.29) is 23.6 Å². The minimum absolute atomic E-state index is 0.0438. The van der Waals surface area contributed by atoms with Crippen LogP contribution in [0.2, 0.25) is 0 Å². The van der Waals surface area contributed by atoms with E-state index in [4.69, 9.17) is 0 Å². The van der Waals surface area contributed by atoms with Gasteiger partial charge in [0.05, 0.1) is 28.9 Å². The predicted molar refractivity (Wildman–Crippen MR) is 111 cm³/mol. The van der Waals surface area contributed by atoms with Crippen molar-refractivity contribution in [1.29, 1.82) is 0 Å². The fraction of sp³-hybridized carbons (Fsp3) is 0.391. The molecule has 6 nitrogen and oxygen atoms in total. The Morgan fingerprint density at radius 2 is 2.00 bits per heavy atom.